The largest absolute Gasteiger partial charge is 0.486 e. The lowest BCUT2D eigenvalue weighted by atomic mass is 10.2. The van der Waals surface area contributed by atoms with Gasteiger partial charge in [0.1, 0.15) is 18.9 Å². The molecule has 2 heterocycles. The van der Waals surface area contributed by atoms with Crippen LogP contribution in [0.3, 0.4) is 0 Å². The molecule has 98 valence electrons. The average molecular weight is 259 g/mol. The molecule has 0 radical (unpaired) electrons. The average Bonchev–Trinajstić information content (AvgIpc) is 2.85. The highest BCUT2D eigenvalue weighted by Gasteiger charge is 2.15. The lowest BCUT2D eigenvalue weighted by Gasteiger charge is -2.18. The molecule has 3 rings (SSSR count). The van der Waals surface area contributed by atoms with Gasteiger partial charge in [-0.25, -0.2) is 4.98 Å². The molecule has 1 aliphatic rings. The summed E-state index contributed by atoms with van der Waals surface area (Å²) in [5.74, 6) is 1.08. The lowest BCUT2D eigenvalue weighted by Crippen LogP contribution is -2.17. The minimum absolute atomic E-state index is 0.254. The van der Waals surface area contributed by atoms with Gasteiger partial charge in [0.05, 0.1) is 6.33 Å². The number of benzene rings is 1. The van der Waals surface area contributed by atoms with Crippen molar-refractivity contribution in [1.82, 2.24) is 9.97 Å². The third kappa shape index (κ3) is 2.24. The molecule has 6 nitrogen and oxygen atoms in total. The SMILES string of the molecule is Cc1[nH]cnc1C(=O)Nc1ccc2c(c1)OCCO2. The molecule has 6 heteroatoms. The Morgan fingerprint density at radius 1 is 1.32 bits per heavy atom. The highest BCUT2D eigenvalue weighted by Crippen LogP contribution is 2.32. The highest BCUT2D eigenvalue weighted by atomic mass is 16.6. The molecule has 0 fully saturated rings. The summed E-state index contributed by atoms with van der Waals surface area (Å²) in [6.45, 7) is 2.86. The van der Waals surface area contributed by atoms with E-state index in [1.807, 2.05) is 0 Å². The first kappa shape index (κ1) is 11.6. The number of rotatable bonds is 2. The summed E-state index contributed by atoms with van der Waals surface area (Å²) in [6.07, 6.45) is 1.49. The fourth-order valence-electron chi connectivity index (χ4n) is 1.90. The number of amides is 1. The molecule has 0 atom stereocenters. The van der Waals surface area contributed by atoms with Gasteiger partial charge in [-0.1, -0.05) is 0 Å². The molecule has 1 aromatic carbocycles. The Balaban J connectivity index is 1.80. The second-order valence-electron chi connectivity index (χ2n) is 4.19. The minimum Gasteiger partial charge on any atom is -0.486 e. The zero-order valence-electron chi connectivity index (χ0n) is 10.4. The van der Waals surface area contributed by atoms with Crippen LogP contribution in [-0.2, 0) is 0 Å². The zero-order chi connectivity index (χ0) is 13.2. The van der Waals surface area contributed by atoms with E-state index in [-0.39, 0.29) is 5.91 Å². The van der Waals surface area contributed by atoms with Crippen LogP contribution in [0.5, 0.6) is 11.5 Å². The Kier molecular flexibility index (Phi) is 2.83. The van der Waals surface area contributed by atoms with Crippen molar-refractivity contribution in [2.24, 2.45) is 0 Å². The molecular weight excluding hydrogens is 246 g/mol. The van der Waals surface area contributed by atoms with Crippen LogP contribution in [0.25, 0.3) is 0 Å². The number of fused-ring (bicyclic) bond motifs is 1. The number of carbonyl (C=O) groups is 1. The second-order valence-corrected chi connectivity index (χ2v) is 4.19. The van der Waals surface area contributed by atoms with Crippen molar-refractivity contribution >= 4 is 11.6 Å². The van der Waals surface area contributed by atoms with E-state index in [1.54, 1.807) is 25.1 Å². The quantitative estimate of drug-likeness (QED) is 0.861. The molecule has 0 bridgehead atoms. The number of aromatic nitrogens is 2. The van der Waals surface area contributed by atoms with Crippen LogP contribution in [-0.4, -0.2) is 29.1 Å². The summed E-state index contributed by atoms with van der Waals surface area (Å²) in [6, 6.07) is 5.29. The van der Waals surface area contributed by atoms with Gasteiger partial charge in [-0.15, -0.1) is 0 Å². The Morgan fingerprint density at radius 3 is 2.84 bits per heavy atom. The van der Waals surface area contributed by atoms with Gasteiger partial charge in [-0.05, 0) is 19.1 Å². The third-order valence-electron chi connectivity index (χ3n) is 2.85. The molecule has 2 aromatic rings. The summed E-state index contributed by atoms with van der Waals surface area (Å²) in [7, 11) is 0. The van der Waals surface area contributed by atoms with Crippen LogP contribution in [0.2, 0.25) is 0 Å². The number of carbonyl (C=O) groups excluding carboxylic acids is 1. The number of aromatic amines is 1. The monoisotopic (exact) mass is 259 g/mol. The first-order chi connectivity index (χ1) is 9.24. The number of H-pyrrole nitrogens is 1. The molecular formula is C13H13N3O3. The van der Waals surface area contributed by atoms with Crippen LogP contribution in [0.15, 0.2) is 24.5 Å². The van der Waals surface area contributed by atoms with Gasteiger partial charge in [0.25, 0.3) is 5.91 Å². The zero-order valence-corrected chi connectivity index (χ0v) is 10.4. The molecule has 0 saturated carbocycles. The molecule has 2 N–H and O–H groups in total. The highest BCUT2D eigenvalue weighted by molar-refractivity contribution is 6.03. The van der Waals surface area contributed by atoms with Gasteiger partial charge in [0.15, 0.2) is 11.5 Å². The number of imidazole rings is 1. The number of nitrogens with one attached hydrogen (secondary N) is 2. The Morgan fingerprint density at radius 2 is 2.11 bits per heavy atom. The van der Waals surface area contributed by atoms with Crippen molar-refractivity contribution in [1.29, 1.82) is 0 Å². The van der Waals surface area contributed by atoms with Crippen molar-refractivity contribution in [3.63, 3.8) is 0 Å². The van der Waals surface area contributed by atoms with E-state index >= 15 is 0 Å². The summed E-state index contributed by atoms with van der Waals surface area (Å²) >= 11 is 0. The summed E-state index contributed by atoms with van der Waals surface area (Å²) in [5, 5.41) is 2.78. The Labute approximate surface area is 109 Å². The summed E-state index contributed by atoms with van der Waals surface area (Å²) in [4.78, 5) is 18.8. The maximum absolute atomic E-state index is 12.0. The molecule has 0 saturated heterocycles. The van der Waals surface area contributed by atoms with E-state index in [2.05, 4.69) is 15.3 Å². The fraction of sp³-hybridized carbons (Fsp3) is 0.231. The molecule has 0 aliphatic carbocycles. The van der Waals surface area contributed by atoms with Gasteiger partial charge in [-0.3, -0.25) is 4.79 Å². The number of nitrogens with zero attached hydrogens (tertiary/aromatic N) is 1. The van der Waals surface area contributed by atoms with E-state index < -0.39 is 0 Å². The first-order valence-corrected chi connectivity index (χ1v) is 5.95. The molecule has 0 spiro atoms. The van der Waals surface area contributed by atoms with Crippen molar-refractivity contribution < 1.29 is 14.3 Å². The standard InChI is InChI=1S/C13H13N3O3/c1-8-12(15-7-14-8)13(17)16-9-2-3-10-11(6-9)19-5-4-18-10/h2-3,6-7H,4-5H2,1H3,(H,14,15)(H,16,17). The van der Waals surface area contributed by atoms with Crippen molar-refractivity contribution in [3.8, 4) is 11.5 Å². The smallest absolute Gasteiger partial charge is 0.276 e. The van der Waals surface area contributed by atoms with Crippen LogP contribution in [0.4, 0.5) is 5.69 Å². The lowest BCUT2D eigenvalue weighted by molar-refractivity contribution is 0.102. The van der Waals surface area contributed by atoms with E-state index in [9.17, 15) is 4.79 Å². The van der Waals surface area contributed by atoms with Gasteiger partial charge in [0.2, 0.25) is 0 Å². The molecule has 1 amide bonds. The Hall–Kier alpha value is -2.50. The maximum atomic E-state index is 12.0. The number of ether oxygens (including phenoxy) is 2. The molecule has 1 aliphatic heterocycles. The van der Waals surface area contributed by atoms with Crippen LogP contribution in [0.1, 0.15) is 16.2 Å². The summed E-state index contributed by atoms with van der Waals surface area (Å²) < 4.78 is 10.9. The Bertz CT molecular complexity index is 621. The normalized spacial score (nSPS) is 13.1. The summed E-state index contributed by atoms with van der Waals surface area (Å²) in [5.41, 5.74) is 1.77. The van der Waals surface area contributed by atoms with Crippen LogP contribution in [0, 0.1) is 6.92 Å². The topological polar surface area (TPSA) is 76.2 Å². The molecule has 19 heavy (non-hydrogen) atoms. The van der Waals surface area contributed by atoms with E-state index in [4.69, 9.17) is 9.47 Å². The molecule has 1 aromatic heterocycles. The van der Waals surface area contributed by atoms with Gasteiger partial charge >= 0.3 is 0 Å². The van der Waals surface area contributed by atoms with Crippen molar-refractivity contribution in [3.05, 3.63) is 35.9 Å². The number of aryl methyl sites for hydroxylation is 1. The van der Waals surface area contributed by atoms with Gasteiger partial charge in [0, 0.05) is 17.4 Å². The fourth-order valence-corrected chi connectivity index (χ4v) is 1.90. The number of hydrogen-bond donors (Lipinski definition) is 2. The minimum atomic E-state index is -0.254. The van der Waals surface area contributed by atoms with Crippen molar-refractivity contribution in [2.75, 3.05) is 18.5 Å². The van der Waals surface area contributed by atoms with Crippen LogP contribution < -0.4 is 14.8 Å². The third-order valence-corrected chi connectivity index (χ3v) is 2.85. The number of hydrogen-bond acceptors (Lipinski definition) is 4. The van der Waals surface area contributed by atoms with E-state index in [0.29, 0.717) is 36.1 Å². The van der Waals surface area contributed by atoms with Crippen molar-refractivity contribution in [2.45, 2.75) is 6.92 Å². The van der Waals surface area contributed by atoms with Crippen LogP contribution >= 0.6 is 0 Å². The second kappa shape index (κ2) is 4.64. The maximum Gasteiger partial charge on any atom is 0.276 e. The first-order valence-electron chi connectivity index (χ1n) is 5.95. The number of anilines is 1. The van der Waals surface area contributed by atoms with E-state index in [0.717, 1.165) is 5.69 Å². The van der Waals surface area contributed by atoms with E-state index in [1.165, 1.54) is 6.33 Å². The predicted octanol–water partition coefficient (Wildman–Crippen LogP) is 1.74. The predicted molar refractivity (Wildman–Crippen MR) is 68.7 cm³/mol. The van der Waals surface area contributed by atoms with Gasteiger partial charge in [-0.2, -0.15) is 0 Å². The molecule has 0 unspecified atom stereocenters. The van der Waals surface area contributed by atoms with Gasteiger partial charge < -0.3 is 19.8 Å².